The second-order valence-electron chi connectivity index (χ2n) is 3.99. The molecule has 110 valence electrons. The standard InChI is InChI=1S/C14H12BrNO4S/c1-19-14(18)13-11(20-7-6-17)10(15)12(21-13)8-2-4-9(16)5-3-8/h2-6H,7,16H2,1H3. The molecule has 1 heterocycles. The molecule has 0 atom stereocenters. The van der Waals surface area contributed by atoms with Gasteiger partial charge in [0.15, 0.2) is 16.9 Å². The molecule has 5 nitrogen and oxygen atoms in total. The number of nitrogens with two attached hydrogens (primary N) is 1. The van der Waals surface area contributed by atoms with Gasteiger partial charge in [0, 0.05) is 5.69 Å². The summed E-state index contributed by atoms with van der Waals surface area (Å²) < 4.78 is 10.7. The van der Waals surface area contributed by atoms with Crippen LogP contribution in [0, 0.1) is 0 Å². The third-order valence-corrected chi connectivity index (χ3v) is 4.87. The van der Waals surface area contributed by atoms with E-state index in [1.807, 2.05) is 12.1 Å². The lowest BCUT2D eigenvalue weighted by atomic mass is 10.2. The molecule has 0 fully saturated rings. The second-order valence-corrected chi connectivity index (χ2v) is 5.81. The van der Waals surface area contributed by atoms with Crippen molar-refractivity contribution in [3.05, 3.63) is 33.6 Å². The number of hydrogen-bond acceptors (Lipinski definition) is 6. The average molecular weight is 370 g/mol. The van der Waals surface area contributed by atoms with E-state index in [0.29, 0.717) is 27.1 Å². The fourth-order valence-corrected chi connectivity index (χ4v) is 3.67. The highest BCUT2D eigenvalue weighted by molar-refractivity contribution is 9.10. The normalized spacial score (nSPS) is 10.2. The molecule has 0 spiro atoms. The number of nitrogen functional groups attached to an aromatic ring is 1. The predicted octanol–water partition coefficient (Wildman–Crippen LogP) is 3.12. The van der Waals surface area contributed by atoms with Crippen molar-refractivity contribution in [2.24, 2.45) is 0 Å². The molecular formula is C14H12BrNO4S. The van der Waals surface area contributed by atoms with E-state index in [-0.39, 0.29) is 6.61 Å². The summed E-state index contributed by atoms with van der Waals surface area (Å²) in [5.74, 6) is -0.200. The summed E-state index contributed by atoms with van der Waals surface area (Å²) in [7, 11) is 1.29. The SMILES string of the molecule is COC(=O)c1sc(-c2ccc(N)cc2)c(Br)c1OCC=O. The van der Waals surface area contributed by atoms with E-state index in [9.17, 15) is 9.59 Å². The largest absolute Gasteiger partial charge is 0.483 e. The fourth-order valence-electron chi connectivity index (χ4n) is 1.69. The maximum atomic E-state index is 11.8. The lowest BCUT2D eigenvalue weighted by molar-refractivity contribution is -0.109. The van der Waals surface area contributed by atoms with Crippen molar-refractivity contribution in [3.63, 3.8) is 0 Å². The second kappa shape index (κ2) is 6.73. The quantitative estimate of drug-likeness (QED) is 0.497. The topological polar surface area (TPSA) is 78.6 Å². The molecule has 2 N–H and O–H groups in total. The molecule has 0 bridgehead atoms. The minimum atomic E-state index is -0.511. The van der Waals surface area contributed by atoms with Crippen LogP contribution in [0.15, 0.2) is 28.7 Å². The lowest BCUT2D eigenvalue weighted by Crippen LogP contribution is -2.04. The molecule has 1 aromatic heterocycles. The molecule has 0 unspecified atom stereocenters. The minimum absolute atomic E-state index is 0.138. The van der Waals surface area contributed by atoms with Gasteiger partial charge in [0.05, 0.1) is 16.5 Å². The number of thiophene rings is 1. The third-order valence-electron chi connectivity index (χ3n) is 2.65. The molecule has 0 saturated carbocycles. The van der Waals surface area contributed by atoms with E-state index < -0.39 is 5.97 Å². The van der Waals surface area contributed by atoms with Gasteiger partial charge in [-0.05, 0) is 33.6 Å². The average Bonchev–Trinajstić information content (AvgIpc) is 2.82. The number of rotatable bonds is 5. The number of anilines is 1. The van der Waals surface area contributed by atoms with Crippen molar-refractivity contribution in [1.29, 1.82) is 0 Å². The summed E-state index contributed by atoms with van der Waals surface area (Å²) in [5.41, 5.74) is 7.20. The van der Waals surface area contributed by atoms with Crippen LogP contribution in [0.2, 0.25) is 0 Å². The Morgan fingerprint density at radius 2 is 2.05 bits per heavy atom. The van der Waals surface area contributed by atoms with Crippen molar-refractivity contribution < 1.29 is 19.1 Å². The zero-order valence-electron chi connectivity index (χ0n) is 11.1. The van der Waals surface area contributed by atoms with Crippen molar-refractivity contribution in [2.75, 3.05) is 19.5 Å². The van der Waals surface area contributed by atoms with Crippen LogP contribution in [0.1, 0.15) is 9.67 Å². The van der Waals surface area contributed by atoms with E-state index >= 15 is 0 Å². The maximum absolute atomic E-state index is 11.8. The van der Waals surface area contributed by atoms with E-state index in [1.165, 1.54) is 18.4 Å². The molecule has 0 saturated heterocycles. The molecule has 1 aromatic carbocycles. The van der Waals surface area contributed by atoms with Crippen molar-refractivity contribution in [2.45, 2.75) is 0 Å². The van der Waals surface area contributed by atoms with E-state index in [4.69, 9.17) is 15.2 Å². The Bertz CT molecular complexity index is 666. The molecule has 0 radical (unpaired) electrons. The number of aldehydes is 1. The Morgan fingerprint density at radius 1 is 1.38 bits per heavy atom. The number of benzene rings is 1. The molecular weight excluding hydrogens is 358 g/mol. The smallest absolute Gasteiger partial charge is 0.351 e. The minimum Gasteiger partial charge on any atom is -0.483 e. The monoisotopic (exact) mass is 369 g/mol. The van der Waals surface area contributed by atoms with E-state index in [0.717, 1.165) is 10.4 Å². The zero-order valence-corrected chi connectivity index (χ0v) is 13.5. The van der Waals surface area contributed by atoms with Gasteiger partial charge in [-0.1, -0.05) is 12.1 Å². The first-order chi connectivity index (χ1) is 10.1. The van der Waals surface area contributed by atoms with Crippen LogP contribution in [0.3, 0.4) is 0 Å². The van der Waals surface area contributed by atoms with Crippen LogP contribution in [-0.4, -0.2) is 26.0 Å². The molecule has 0 amide bonds. The van der Waals surface area contributed by atoms with Gasteiger partial charge < -0.3 is 15.2 Å². The maximum Gasteiger partial charge on any atom is 0.351 e. The number of halogens is 1. The van der Waals surface area contributed by atoms with Crippen molar-refractivity contribution >= 4 is 45.2 Å². The molecule has 2 rings (SSSR count). The van der Waals surface area contributed by atoms with Crippen LogP contribution >= 0.6 is 27.3 Å². The first kappa shape index (κ1) is 15.5. The summed E-state index contributed by atoms with van der Waals surface area (Å²) in [5, 5.41) is 0. The number of carbonyl (C=O) groups excluding carboxylic acids is 2. The molecule has 2 aromatic rings. The Hall–Kier alpha value is -1.86. The molecule has 21 heavy (non-hydrogen) atoms. The van der Waals surface area contributed by atoms with Crippen LogP contribution < -0.4 is 10.5 Å². The highest BCUT2D eigenvalue weighted by Crippen LogP contribution is 2.45. The van der Waals surface area contributed by atoms with E-state index in [2.05, 4.69) is 15.9 Å². The van der Waals surface area contributed by atoms with Crippen LogP contribution in [0.4, 0.5) is 5.69 Å². The molecule has 7 heteroatoms. The number of ether oxygens (including phenoxy) is 2. The van der Waals surface area contributed by atoms with Crippen LogP contribution in [-0.2, 0) is 9.53 Å². The summed E-state index contributed by atoms with van der Waals surface area (Å²) in [6.07, 6.45) is 0.619. The lowest BCUT2D eigenvalue weighted by Gasteiger charge is -2.03. The van der Waals surface area contributed by atoms with Crippen molar-refractivity contribution in [1.82, 2.24) is 0 Å². The molecule has 0 aliphatic rings. The van der Waals surface area contributed by atoms with Gasteiger partial charge >= 0.3 is 5.97 Å². The molecule has 0 aliphatic heterocycles. The van der Waals surface area contributed by atoms with Gasteiger partial charge in [-0.3, -0.25) is 4.79 Å². The summed E-state index contributed by atoms with van der Waals surface area (Å²) in [6.45, 7) is -0.138. The van der Waals surface area contributed by atoms with Gasteiger partial charge in [-0.15, -0.1) is 11.3 Å². The van der Waals surface area contributed by atoms with Gasteiger partial charge in [0.2, 0.25) is 0 Å². The summed E-state index contributed by atoms with van der Waals surface area (Å²) in [6, 6.07) is 7.23. The van der Waals surface area contributed by atoms with Gasteiger partial charge in [-0.2, -0.15) is 0 Å². The Labute approximate surface area is 133 Å². The number of carbonyl (C=O) groups is 2. The van der Waals surface area contributed by atoms with Crippen molar-refractivity contribution in [3.8, 4) is 16.2 Å². The third kappa shape index (κ3) is 3.25. The Morgan fingerprint density at radius 3 is 2.62 bits per heavy atom. The number of esters is 1. The predicted molar refractivity (Wildman–Crippen MR) is 84.8 cm³/mol. The Balaban J connectivity index is 2.51. The number of hydrogen-bond donors (Lipinski definition) is 1. The fraction of sp³-hybridized carbons (Fsp3) is 0.143. The summed E-state index contributed by atoms with van der Waals surface area (Å²) >= 11 is 4.64. The first-order valence-corrected chi connectivity index (χ1v) is 7.52. The first-order valence-electron chi connectivity index (χ1n) is 5.91. The zero-order chi connectivity index (χ0) is 15.4. The van der Waals surface area contributed by atoms with Gasteiger partial charge in [0.1, 0.15) is 6.61 Å². The highest BCUT2D eigenvalue weighted by Gasteiger charge is 2.24. The van der Waals surface area contributed by atoms with Gasteiger partial charge in [0.25, 0.3) is 0 Å². The van der Waals surface area contributed by atoms with E-state index in [1.54, 1.807) is 12.1 Å². The summed E-state index contributed by atoms with van der Waals surface area (Å²) in [4.78, 5) is 23.4. The van der Waals surface area contributed by atoms with Crippen LogP contribution in [0.25, 0.3) is 10.4 Å². The van der Waals surface area contributed by atoms with Gasteiger partial charge in [-0.25, -0.2) is 4.79 Å². The van der Waals surface area contributed by atoms with Crippen LogP contribution in [0.5, 0.6) is 5.75 Å². The Kier molecular flexibility index (Phi) is 4.98. The number of methoxy groups -OCH3 is 1. The molecule has 0 aliphatic carbocycles. The highest BCUT2D eigenvalue weighted by atomic mass is 79.9.